The van der Waals surface area contributed by atoms with Crippen LogP contribution in [-0.2, 0) is 6.54 Å². The number of ether oxygens (including phenoxy) is 1. The maximum atomic E-state index is 9.84. The highest BCUT2D eigenvalue weighted by Gasteiger charge is 2.38. The molecule has 5 heteroatoms. The zero-order chi connectivity index (χ0) is 12.7. The van der Waals surface area contributed by atoms with Gasteiger partial charge in [-0.2, -0.15) is 0 Å². The number of nitrogens with one attached hydrogen (secondary N) is 1. The standard InChI is InChI=1S/C14H19NO3.ClH/c1-18-9-2-3-10-8(4-9)7-15-12-6-14(17)13(16)5-11(10)12;/h2-4,11-17H,5-7H2,1H3;1H/t11-,12-,13+,14-;/m0./s1. The minimum Gasteiger partial charge on any atom is -0.497 e. The zero-order valence-corrected chi connectivity index (χ0v) is 11.7. The fraction of sp³-hybridized carbons (Fsp3) is 0.571. The highest BCUT2D eigenvalue weighted by molar-refractivity contribution is 5.85. The molecule has 3 N–H and O–H groups in total. The molecule has 0 spiro atoms. The summed E-state index contributed by atoms with van der Waals surface area (Å²) in [4.78, 5) is 0. The monoisotopic (exact) mass is 285 g/mol. The number of aliphatic hydroxyl groups excluding tert-OH is 2. The molecule has 1 heterocycles. The summed E-state index contributed by atoms with van der Waals surface area (Å²) >= 11 is 0. The van der Waals surface area contributed by atoms with Crippen LogP contribution in [0, 0.1) is 0 Å². The van der Waals surface area contributed by atoms with Gasteiger partial charge in [0.15, 0.2) is 0 Å². The van der Waals surface area contributed by atoms with Crippen LogP contribution in [0.15, 0.2) is 18.2 Å². The van der Waals surface area contributed by atoms with Gasteiger partial charge in [0.25, 0.3) is 0 Å². The molecule has 1 aliphatic carbocycles. The Bertz CT molecular complexity index is 454. The van der Waals surface area contributed by atoms with Crippen molar-refractivity contribution in [2.75, 3.05) is 7.11 Å². The molecule has 0 saturated heterocycles. The summed E-state index contributed by atoms with van der Waals surface area (Å²) in [7, 11) is 1.67. The second-order valence-corrected chi connectivity index (χ2v) is 5.26. The van der Waals surface area contributed by atoms with Gasteiger partial charge >= 0.3 is 0 Å². The van der Waals surface area contributed by atoms with Gasteiger partial charge in [-0.05, 0) is 36.1 Å². The molecule has 0 radical (unpaired) electrons. The predicted molar refractivity (Wildman–Crippen MR) is 74.9 cm³/mol. The number of methoxy groups -OCH3 is 1. The third kappa shape index (κ3) is 2.58. The zero-order valence-electron chi connectivity index (χ0n) is 10.9. The van der Waals surface area contributed by atoms with Gasteiger partial charge in [0.05, 0.1) is 19.3 Å². The first-order valence-electron chi connectivity index (χ1n) is 6.45. The van der Waals surface area contributed by atoms with Crippen LogP contribution in [0.3, 0.4) is 0 Å². The van der Waals surface area contributed by atoms with Crippen LogP contribution >= 0.6 is 12.4 Å². The molecule has 0 aromatic heterocycles. The molecular formula is C14H20ClNO3. The maximum Gasteiger partial charge on any atom is 0.119 e. The van der Waals surface area contributed by atoms with Crippen LogP contribution in [0.2, 0.25) is 0 Å². The van der Waals surface area contributed by atoms with Gasteiger partial charge in [0.2, 0.25) is 0 Å². The van der Waals surface area contributed by atoms with Gasteiger partial charge in [0.1, 0.15) is 5.75 Å². The van der Waals surface area contributed by atoms with E-state index in [9.17, 15) is 10.2 Å². The van der Waals surface area contributed by atoms with Crippen molar-refractivity contribution in [2.45, 2.75) is 43.6 Å². The minimum absolute atomic E-state index is 0. The summed E-state index contributed by atoms with van der Waals surface area (Å²) in [6, 6.07) is 6.38. The van der Waals surface area contributed by atoms with Crippen LogP contribution in [0.25, 0.3) is 0 Å². The Morgan fingerprint density at radius 3 is 2.68 bits per heavy atom. The molecule has 0 amide bonds. The molecule has 1 aliphatic heterocycles. The van der Waals surface area contributed by atoms with Crippen molar-refractivity contribution < 1.29 is 14.9 Å². The first-order chi connectivity index (χ1) is 8.69. The third-order valence-electron chi connectivity index (χ3n) is 4.23. The topological polar surface area (TPSA) is 61.7 Å². The highest BCUT2D eigenvalue weighted by atomic mass is 35.5. The first-order valence-corrected chi connectivity index (χ1v) is 6.45. The minimum atomic E-state index is -0.610. The van der Waals surface area contributed by atoms with Crippen molar-refractivity contribution in [3.8, 4) is 5.75 Å². The summed E-state index contributed by atoms with van der Waals surface area (Å²) in [5, 5.41) is 23.0. The molecule has 0 bridgehead atoms. The van der Waals surface area contributed by atoms with Crippen molar-refractivity contribution >= 4 is 12.4 Å². The fourth-order valence-corrected chi connectivity index (χ4v) is 3.20. The van der Waals surface area contributed by atoms with E-state index in [0.717, 1.165) is 12.3 Å². The molecule has 1 saturated carbocycles. The van der Waals surface area contributed by atoms with Crippen LogP contribution in [-0.4, -0.2) is 35.6 Å². The normalized spacial score (nSPS) is 32.8. The van der Waals surface area contributed by atoms with Crippen molar-refractivity contribution in [1.82, 2.24) is 5.32 Å². The molecule has 1 aromatic carbocycles. The summed E-state index contributed by atoms with van der Waals surface area (Å²) in [5.41, 5.74) is 2.52. The Labute approximate surface area is 119 Å². The number of hydrogen-bond donors (Lipinski definition) is 3. The summed E-state index contributed by atoms with van der Waals surface area (Å²) < 4.78 is 5.24. The summed E-state index contributed by atoms with van der Waals surface area (Å²) in [6.45, 7) is 0.802. The lowest BCUT2D eigenvalue weighted by Gasteiger charge is -2.42. The number of benzene rings is 1. The Kier molecular flexibility index (Phi) is 4.36. The van der Waals surface area contributed by atoms with E-state index >= 15 is 0 Å². The quantitative estimate of drug-likeness (QED) is 0.725. The molecule has 4 atom stereocenters. The lowest BCUT2D eigenvalue weighted by molar-refractivity contribution is -0.0273. The average Bonchev–Trinajstić information content (AvgIpc) is 2.39. The number of rotatable bonds is 1. The van der Waals surface area contributed by atoms with Crippen LogP contribution in [0.5, 0.6) is 5.75 Å². The lowest BCUT2D eigenvalue weighted by atomic mass is 9.74. The molecule has 1 fully saturated rings. The van der Waals surface area contributed by atoms with E-state index in [0.29, 0.717) is 12.8 Å². The van der Waals surface area contributed by atoms with Crippen LogP contribution < -0.4 is 10.1 Å². The second-order valence-electron chi connectivity index (χ2n) is 5.26. The van der Waals surface area contributed by atoms with Crippen LogP contribution in [0.4, 0.5) is 0 Å². The van der Waals surface area contributed by atoms with E-state index in [-0.39, 0.29) is 24.4 Å². The third-order valence-corrected chi connectivity index (χ3v) is 4.23. The molecule has 1 aromatic rings. The molecule has 2 aliphatic rings. The van der Waals surface area contributed by atoms with Gasteiger partial charge in [-0.1, -0.05) is 6.07 Å². The van der Waals surface area contributed by atoms with Gasteiger partial charge < -0.3 is 20.3 Å². The molecule has 106 valence electrons. The van der Waals surface area contributed by atoms with Crippen molar-refractivity contribution in [3.63, 3.8) is 0 Å². The maximum absolute atomic E-state index is 9.84. The Balaban J connectivity index is 0.00000133. The van der Waals surface area contributed by atoms with Crippen molar-refractivity contribution in [1.29, 1.82) is 0 Å². The van der Waals surface area contributed by atoms with E-state index in [1.54, 1.807) is 7.11 Å². The molecular weight excluding hydrogens is 266 g/mol. The van der Waals surface area contributed by atoms with Gasteiger partial charge in [-0.3, -0.25) is 0 Å². The molecule has 0 unspecified atom stereocenters. The van der Waals surface area contributed by atoms with Crippen LogP contribution in [0.1, 0.15) is 29.9 Å². The number of hydrogen-bond acceptors (Lipinski definition) is 4. The summed E-state index contributed by atoms with van der Waals surface area (Å²) in [5.74, 6) is 1.16. The largest absolute Gasteiger partial charge is 0.497 e. The van der Waals surface area contributed by atoms with Crippen molar-refractivity contribution in [3.05, 3.63) is 29.3 Å². The second kappa shape index (κ2) is 5.67. The SMILES string of the molecule is COc1ccc2c(c1)CN[C@H]1C[C@H](O)[C@H](O)C[C@@H]21.Cl. The average molecular weight is 286 g/mol. The molecule has 3 rings (SSSR count). The van der Waals surface area contributed by atoms with E-state index in [1.807, 2.05) is 6.07 Å². The van der Waals surface area contributed by atoms with E-state index in [2.05, 4.69) is 17.4 Å². The smallest absolute Gasteiger partial charge is 0.119 e. The molecule has 4 nitrogen and oxygen atoms in total. The fourth-order valence-electron chi connectivity index (χ4n) is 3.20. The number of halogens is 1. The number of aliphatic hydroxyl groups is 2. The lowest BCUT2D eigenvalue weighted by Crippen LogP contribution is -2.49. The van der Waals surface area contributed by atoms with E-state index in [1.165, 1.54) is 11.1 Å². The summed E-state index contributed by atoms with van der Waals surface area (Å²) in [6.07, 6.45) is 0.0368. The predicted octanol–water partition coefficient (Wildman–Crippen LogP) is 1.19. The van der Waals surface area contributed by atoms with Gasteiger partial charge in [-0.15, -0.1) is 12.4 Å². The van der Waals surface area contributed by atoms with Gasteiger partial charge in [0, 0.05) is 18.5 Å². The van der Waals surface area contributed by atoms with Crippen molar-refractivity contribution in [2.24, 2.45) is 0 Å². The first kappa shape index (κ1) is 14.6. The molecule has 19 heavy (non-hydrogen) atoms. The Hall–Kier alpha value is -0.810. The Morgan fingerprint density at radius 2 is 1.95 bits per heavy atom. The Morgan fingerprint density at radius 1 is 1.21 bits per heavy atom. The highest BCUT2D eigenvalue weighted by Crippen LogP contribution is 2.39. The number of fused-ring (bicyclic) bond motifs is 3. The van der Waals surface area contributed by atoms with E-state index in [4.69, 9.17) is 4.74 Å². The van der Waals surface area contributed by atoms with E-state index < -0.39 is 12.2 Å². The van der Waals surface area contributed by atoms with Gasteiger partial charge in [-0.25, -0.2) is 0 Å².